The average Bonchev–Trinajstić information content (AvgIpc) is 3.63. The molecule has 222 valence electrons. The molecule has 5 heterocycles. The predicted octanol–water partition coefficient (Wildman–Crippen LogP) is 1.97. The van der Waals surface area contributed by atoms with Crippen LogP contribution in [0.4, 0.5) is 0 Å². The second kappa shape index (κ2) is 10.8. The van der Waals surface area contributed by atoms with Gasteiger partial charge >= 0.3 is 5.97 Å². The number of para-hydroxylation sites is 1. The molecule has 6 rings (SSSR count). The number of amides is 1. The van der Waals surface area contributed by atoms with Crippen molar-refractivity contribution in [3.8, 4) is 17.1 Å². The summed E-state index contributed by atoms with van der Waals surface area (Å²) in [6, 6.07) is 9.26. The monoisotopic (exact) mass is 584 g/mol. The highest BCUT2D eigenvalue weighted by Gasteiger charge is 2.50. The Kier molecular flexibility index (Phi) is 7.09. The molecule has 0 unspecified atom stereocenters. The van der Waals surface area contributed by atoms with Crippen molar-refractivity contribution < 1.29 is 23.9 Å². The van der Waals surface area contributed by atoms with Crippen LogP contribution in [0.2, 0.25) is 0 Å². The maximum Gasteiger partial charge on any atom is 0.330 e. The number of Topliss-reactive ketones (excluding diaryl/α,β-unsaturated/α-hetero) is 1. The van der Waals surface area contributed by atoms with E-state index < -0.39 is 53.4 Å². The van der Waals surface area contributed by atoms with Gasteiger partial charge < -0.3 is 25.5 Å². The van der Waals surface area contributed by atoms with Crippen LogP contribution in [0.15, 0.2) is 53.7 Å². The topological polar surface area (TPSA) is 171 Å². The van der Waals surface area contributed by atoms with Crippen LogP contribution in [0.25, 0.3) is 22.3 Å². The predicted molar refractivity (Wildman–Crippen MR) is 156 cm³/mol. The van der Waals surface area contributed by atoms with Crippen molar-refractivity contribution in [2.24, 2.45) is 11.7 Å². The van der Waals surface area contributed by atoms with Crippen LogP contribution in [0, 0.1) is 5.92 Å². The molecular formula is C31H32N6O6. The number of nitrogens with one attached hydrogen (secondary N) is 2. The van der Waals surface area contributed by atoms with Crippen molar-refractivity contribution in [3.05, 3.63) is 76.1 Å². The Balaban J connectivity index is 1.35. The lowest BCUT2D eigenvalue weighted by molar-refractivity contribution is -0.176. The summed E-state index contributed by atoms with van der Waals surface area (Å²) in [5, 5.41) is 3.64. The summed E-state index contributed by atoms with van der Waals surface area (Å²) < 4.78 is 13.3. The molecule has 0 radical (unpaired) electrons. The molecule has 4 aromatic rings. The summed E-state index contributed by atoms with van der Waals surface area (Å²) in [4.78, 5) is 65.6. The second-order valence-electron chi connectivity index (χ2n) is 11.3. The van der Waals surface area contributed by atoms with Crippen molar-refractivity contribution in [3.63, 3.8) is 0 Å². The SMILES string of the molecule is CC[C@@]1(OC(=O)[C@H](NC(=O)[C@@H](N)Cc2cnc[nH]2)C(C)C)C(=O)COc2c1cc1n(c2=O)Cc2cc3ccccc3nc2-1. The zero-order valence-electron chi connectivity index (χ0n) is 24.0. The number of hydrogen-bond acceptors (Lipinski definition) is 9. The van der Waals surface area contributed by atoms with E-state index in [0.717, 1.165) is 16.5 Å². The molecule has 0 spiro atoms. The number of nitrogens with two attached hydrogens (primary N) is 1. The first-order chi connectivity index (χ1) is 20.6. The van der Waals surface area contributed by atoms with E-state index in [2.05, 4.69) is 15.3 Å². The third kappa shape index (κ3) is 4.77. The number of ketones is 1. The Bertz CT molecular complexity index is 1810. The normalized spacial score (nSPS) is 18.4. The number of H-pyrrole nitrogens is 1. The van der Waals surface area contributed by atoms with Gasteiger partial charge in [-0.1, -0.05) is 39.0 Å². The molecule has 12 nitrogen and oxygen atoms in total. The summed E-state index contributed by atoms with van der Waals surface area (Å²) in [7, 11) is 0. The van der Waals surface area contributed by atoms with Crippen molar-refractivity contribution in [2.45, 2.75) is 57.8 Å². The van der Waals surface area contributed by atoms with Crippen molar-refractivity contribution in [2.75, 3.05) is 6.61 Å². The average molecular weight is 585 g/mol. The minimum Gasteiger partial charge on any atom is -0.479 e. The molecule has 0 fully saturated rings. The van der Waals surface area contributed by atoms with Crippen LogP contribution in [-0.2, 0) is 37.7 Å². The van der Waals surface area contributed by atoms with Crippen molar-refractivity contribution >= 4 is 28.6 Å². The highest BCUT2D eigenvalue weighted by atomic mass is 16.6. The maximum absolute atomic E-state index is 13.7. The van der Waals surface area contributed by atoms with E-state index in [-0.39, 0.29) is 24.2 Å². The molecule has 4 N–H and O–H groups in total. The molecule has 1 amide bonds. The maximum atomic E-state index is 13.7. The second-order valence-corrected chi connectivity index (χ2v) is 11.3. The van der Waals surface area contributed by atoms with Gasteiger partial charge in [-0.3, -0.25) is 19.0 Å². The zero-order valence-corrected chi connectivity index (χ0v) is 24.0. The Morgan fingerprint density at radius 3 is 2.74 bits per heavy atom. The fraction of sp³-hybridized carbons (Fsp3) is 0.355. The van der Waals surface area contributed by atoms with Crippen LogP contribution < -0.4 is 21.3 Å². The molecule has 0 saturated carbocycles. The zero-order chi connectivity index (χ0) is 30.5. The minimum absolute atomic E-state index is 0.0397. The molecule has 0 bridgehead atoms. The van der Waals surface area contributed by atoms with Gasteiger partial charge in [-0.15, -0.1) is 0 Å². The number of fused-ring (bicyclic) bond motifs is 5. The van der Waals surface area contributed by atoms with Gasteiger partial charge in [0.1, 0.15) is 6.04 Å². The first-order valence-corrected chi connectivity index (χ1v) is 14.2. The van der Waals surface area contributed by atoms with Crippen LogP contribution in [-0.4, -0.2) is 55.9 Å². The van der Waals surface area contributed by atoms with Gasteiger partial charge in [0.15, 0.2) is 12.4 Å². The Morgan fingerprint density at radius 1 is 1.23 bits per heavy atom. The van der Waals surface area contributed by atoms with E-state index in [4.69, 9.17) is 20.2 Å². The molecule has 2 aliphatic rings. The number of nitrogens with zero attached hydrogens (tertiary/aromatic N) is 3. The van der Waals surface area contributed by atoms with Gasteiger partial charge in [0.25, 0.3) is 5.56 Å². The molecule has 43 heavy (non-hydrogen) atoms. The van der Waals surface area contributed by atoms with Crippen LogP contribution in [0.3, 0.4) is 0 Å². The number of esters is 1. The largest absolute Gasteiger partial charge is 0.479 e. The van der Waals surface area contributed by atoms with Gasteiger partial charge in [0.05, 0.1) is 41.4 Å². The van der Waals surface area contributed by atoms with E-state index in [9.17, 15) is 19.2 Å². The Hall–Kier alpha value is -4.84. The lowest BCUT2D eigenvalue weighted by Gasteiger charge is -2.37. The van der Waals surface area contributed by atoms with E-state index in [0.29, 0.717) is 23.6 Å². The third-order valence-electron chi connectivity index (χ3n) is 8.19. The first kappa shape index (κ1) is 28.3. The van der Waals surface area contributed by atoms with Gasteiger partial charge in [0.2, 0.25) is 17.3 Å². The first-order valence-electron chi connectivity index (χ1n) is 14.2. The fourth-order valence-electron chi connectivity index (χ4n) is 5.79. The standard InChI is InChI=1S/C31H32N6O6/c1-4-31(43-30(41)25(16(2)3)36-28(39)21(32)10-19-12-33-15-34-19)20-11-23-26-18(9-17-7-5-6-8-22(17)35-26)13-37(23)29(40)27(20)42-14-24(31)38/h5-9,11-12,15-16,21,25H,4,10,13-14,32H2,1-3H3,(H,33,34)(H,36,39)/t21-,25+,31-/m0/s1. The number of benzene rings is 1. The quantitative estimate of drug-likeness (QED) is 0.231. The number of ether oxygens (including phenoxy) is 2. The molecule has 12 heteroatoms. The number of imidazole rings is 1. The summed E-state index contributed by atoms with van der Waals surface area (Å²) in [6.45, 7) is 5.05. The van der Waals surface area contributed by atoms with E-state index in [1.807, 2.05) is 30.3 Å². The molecular weight excluding hydrogens is 552 g/mol. The number of hydrogen-bond donors (Lipinski definition) is 3. The summed E-state index contributed by atoms with van der Waals surface area (Å²) in [5.41, 5.74) is 7.45. The van der Waals surface area contributed by atoms with Gasteiger partial charge in [-0.2, -0.15) is 0 Å². The van der Waals surface area contributed by atoms with Gasteiger partial charge in [0, 0.05) is 29.3 Å². The number of pyridine rings is 2. The van der Waals surface area contributed by atoms with Crippen LogP contribution in [0.1, 0.15) is 44.0 Å². The number of carbonyl (C=O) groups is 3. The van der Waals surface area contributed by atoms with Gasteiger partial charge in [-0.25, -0.2) is 14.8 Å². The Labute approximate surface area is 246 Å². The molecule has 0 saturated heterocycles. The fourth-order valence-corrected chi connectivity index (χ4v) is 5.79. The highest BCUT2D eigenvalue weighted by Crippen LogP contribution is 2.43. The van der Waals surface area contributed by atoms with E-state index in [1.54, 1.807) is 37.6 Å². The van der Waals surface area contributed by atoms with Crippen LogP contribution >= 0.6 is 0 Å². The highest BCUT2D eigenvalue weighted by molar-refractivity contribution is 5.96. The molecule has 2 aliphatic heterocycles. The molecule has 3 aromatic heterocycles. The third-order valence-corrected chi connectivity index (χ3v) is 8.19. The van der Waals surface area contributed by atoms with E-state index in [1.165, 1.54) is 6.33 Å². The van der Waals surface area contributed by atoms with Gasteiger partial charge in [-0.05, 0) is 30.5 Å². The smallest absolute Gasteiger partial charge is 0.330 e. The Morgan fingerprint density at radius 2 is 2.02 bits per heavy atom. The molecule has 3 atom stereocenters. The lowest BCUT2D eigenvalue weighted by Crippen LogP contribution is -2.55. The van der Waals surface area contributed by atoms with Crippen LogP contribution in [0.5, 0.6) is 5.75 Å². The molecule has 1 aromatic carbocycles. The number of aromatic amines is 1. The number of carbonyl (C=O) groups excluding carboxylic acids is 3. The van der Waals surface area contributed by atoms with E-state index >= 15 is 0 Å². The molecule has 0 aliphatic carbocycles. The van der Waals surface area contributed by atoms with Crippen molar-refractivity contribution in [1.82, 2.24) is 24.8 Å². The summed E-state index contributed by atoms with van der Waals surface area (Å²) >= 11 is 0. The lowest BCUT2D eigenvalue weighted by atomic mass is 9.84. The summed E-state index contributed by atoms with van der Waals surface area (Å²) in [6.07, 6.45) is 3.29. The minimum atomic E-state index is -1.80. The number of rotatable bonds is 8. The van der Waals surface area contributed by atoms with Crippen molar-refractivity contribution in [1.29, 1.82) is 0 Å². The number of aromatic nitrogens is 4. The summed E-state index contributed by atoms with van der Waals surface area (Å²) in [5.74, 6) is -2.31.